The van der Waals surface area contributed by atoms with Gasteiger partial charge in [-0.25, -0.2) is 8.78 Å². The number of halogens is 4. The normalized spacial score (nSPS) is 10.2. The molecular weight excluding hydrogens is 237 g/mol. The molecule has 0 nitrogen and oxygen atoms in total. The van der Waals surface area contributed by atoms with Gasteiger partial charge in [0.25, 0.3) is 0 Å². The fourth-order valence-corrected chi connectivity index (χ4v) is 1.27. The fourth-order valence-electron chi connectivity index (χ4n) is 0.692. The van der Waals surface area contributed by atoms with E-state index in [2.05, 4.69) is 15.9 Å². The topological polar surface area (TPSA) is 0 Å². The molecule has 0 saturated heterocycles. The molecule has 4 heteroatoms. The van der Waals surface area contributed by atoms with Crippen LogP contribution < -0.4 is 0 Å². The van der Waals surface area contributed by atoms with E-state index in [1.54, 1.807) is 0 Å². The molecular formula is C7H4BrClF2. The summed E-state index contributed by atoms with van der Waals surface area (Å²) in [7, 11) is 0. The van der Waals surface area contributed by atoms with E-state index in [1.807, 2.05) is 0 Å². The zero-order valence-corrected chi connectivity index (χ0v) is 7.72. The minimum atomic E-state index is -0.885. The zero-order chi connectivity index (χ0) is 8.43. The first-order valence-electron chi connectivity index (χ1n) is 2.85. The predicted octanol–water partition coefficient (Wildman–Crippen LogP) is 3.71. The molecule has 0 radical (unpaired) electrons. The van der Waals surface area contributed by atoms with Crippen LogP contribution in [0.5, 0.6) is 0 Å². The minimum Gasteiger partial charge on any atom is -0.246 e. The first-order chi connectivity index (χ1) is 5.16. The van der Waals surface area contributed by atoms with E-state index in [0.29, 0.717) is 4.47 Å². The highest BCUT2D eigenvalue weighted by atomic mass is 79.9. The Labute approximate surface area is 76.3 Å². The molecule has 0 N–H and O–H groups in total. The van der Waals surface area contributed by atoms with Gasteiger partial charge in [0.1, 0.15) is 12.5 Å². The van der Waals surface area contributed by atoms with Gasteiger partial charge in [0.15, 0.2) is 0 Å². The Morgan fingerprint density at radius 1 is 1.45 bits per heavy atom. The molecule has 0 atom stereocenters. The predicted molar refractivity (Wildman–Crippen MR) is 43.9 cm³/mol. The van der Waals surface area contributed by atoms with Crippen LogP contribution in [0.25, 0.3) is 0 Å². The van der Waals surface area contributed by atoms with Gasteiger partial charge >= 0.3 is 0 Å². The summed E-state index contributed by atoms with van der Waals surface area (Å²) in [5.41, 5.74) is -0.0963. The molecule has 0 saturated carbocycles. The lowest BCUT2D eigenvalue weighted by Crippen LogP contribution is -1.88. The van der Waals surface area contributed by atoms with E-state index in [4.69, 9.17) is 11.6 Å². The molecule has 0 bridgehead atoms. The fraction of sp³-hybridized carbons (Fsp3) is 0.143. The van der Waals surface area contributed by atoms with Crippen LogP contribution in [0.1, 0.15) is 5.56 Å². The van der Waals surface area contributed by atoms with Crippen LogP contribution in [0.2, 0.25) is 5.02 Å². The van der Waals surface area contributed by atoms with Crippen LogP contribution in [0.4, 0.5) is 8.78 Å². The third-order valence-corrected chi connectivity index (χ3v) is 2.59. The molecule has 1 rings (SSSR count). The number of rotatable bonds is 1. The van der Waals surface area contributed by atoms with Gasteiger partial charge in [-0.15, -0.1) is 0 Å². The number of benzene rings is 1. The van der Waals surface area contributed by atoms with Crippen molar-refractivity contribution in [2.24, 2.45) is 0 Å². The molecule has 11 heavy (non-hydrogen) atoms. The van der Waals surface area contributed by atoms with Crippen molar-refractivity contribution in [3.8, 4) is 0 Å². The van der Waals surface area contributed by atoms with Gasteiger partial charge < -0.3 is 0 Å². The molecule has 0 aliphatic heterocycles. The summed E-state index contributed by atoms with van der Waals surface area (Å²) in [5.74, 6) is -0.610. The molecule has 0 amide bonds. The van der Waals surface area contributed by atoms with Crippen LogP contribution in [0, 0.1) is 5.82 Å². The van der Waals surface area contributed by atoms with Crippen LogP contribution in [-0.4, -0.2) is 0 Å². The molecule has 0 aliphatic rings. The summed E-state index contributed by atoms with van der Waals surface area (Å²) in [6, 6.07) is 2.61. The lowest BCUT2D eigenvalue weighted by molar-refractivity contribution is 0.464. The second-order valence-corrected chi connectivity index (χ2v) is 3.19. The monoisotopic (exact) mass is 240 g/mol. The van der Waals surface area contributed by atoms with Crippen molar-refractivity contribution in [1.82, 2.24) is 0 Å². The number of alkyl halides is 1. The van der Waals surface area contributed by atoms with Crippen LogP contribution in [0.15, 0.2) is 16.6 Å². The molecule has 0 aliphatic carbocycles. The molecule has 0 spiro atoms. The second kappa shape index (κ2) is 3.50. The molecule has 0 heterocycles. The molecule has 60 valence electrons. The molecule has 1 aromatic rings. The van der Waals surface area contributed by atoms with E-state index >= 15 is 0 Å². The maximum atomic E-state index is 12.7. The number of hydrogen-bond acceptors (Lipinski definition) is 0. The van der Waals surface area contributed by atoms with E-state index in [-0.39, 0.29) is 10.6 Å². The van der Waals surface area contributed by atoms with Gasteiger partial charge in [-0.2, -0.15) is 0 Å². The lowest BCUT2D eigenvalue weighted by Gasteiger charge is -2.01. The van der Waals surface area contributed by atoms with E-state index in [1.165, 1.54) is 12.1 Å². The summed E-state index contributed by atoms with van der Waals surface area (Å²) in [6.07, 6.45) is 0. The maximum Gasteiger partial charge on any atom is 0.130 e. The van der Waals surface area contributed by atoms with Crippen molar-refractivity contribution < 1.29 is 8.78 Å². The van der Waals surface area contributed by atoms with Crippen molar-refractivity contribution in [1.29, 1.82) is 0 Å². The summed E-state index contributed by atoms with van der Waals surface area (Å²) >= 11 is 8.63. The summed E-state index contributed by atoms with van der Waals surface area (Å²) in [6.45, 7) is -0.885. The zero-order valence-electron chi connectivity index (χ0n) is 5.37. The van der Waals surface area contributed by atoms with Gasteiger partial charge in [0.05, 0.1) is 5.02 Å². The van der Waals surface area contributed by atoms with Crippen molar-refractivity contribution in [3.05, 3.63) is 33.0 Å². The van der Waals surface area contributed by atoms with Crippen molar-refractivity contribution >= 4 is 27.5 Å². The van der Waals surface area contributed by atoms with Crippen LogP contribution >= 0.6 is 27.5 Å². The molecule has 0 unspecified atom stereocenters. The minimum absolute atomic E-state index is 0.0963. The second-order valence-electron chi connectivity index (χ2n) is 1.96. The van der Waals surface area contributed by atoms with Gasteiger partial charge in [-0.3, -0.25) is 0 Å². The molecule has 0 aromatic heterocycles. The highest BCUT2D eigenvalue weighted by Crippen LogP contribution is 2.28. The van der Waals surface area contributed by atoms with Crippen molar-refractivity contribution in [2.75, 3.05) is 0 Å². The average Bonchev–Trinajstić information content (AvgIpc) is 1.99. The van der Waals surface area contributed by atoms with E-state index in [9.17, 15) is 8.78 Å². The molecule has 1 aromatic carbocycles. The summed E-state index contributed by atoms with van der Waals surface area (Å²) in [4.78, 5) is 0. The Bertz CT molecular complexity index is 275. The Balaban J connectivity index is 3.29. The van der Waals surface area contributed by atoms with E-state index < -0.39 is 12.5 Å². The Kier molecular flexibility index (Phi) is 2.84. The smallest absolute Gasteiger partial charge is 0.130 e. The SMILES string of the molecule is FCc1c(F)ccc(Br)c1Cl. The average molecular weight is 241 g/mol. The summed E-state index contributed by atoms with van der Waals surface area (Å²) in [5, 5.41) is 0.104. The van der Waals surface area contributed by atoms with Crippen molar-refractivity contribution in [2.45, 2.75) is 6.67 Å². The van der Waals surface area contributed by atoms with Gasteiger partial charge in [-0.05, 0) is 28.1 Å². The van der Waals surface area contributed by atoms with E-state index in [0.717, 1.165) is 0 Å². The first kappa shape index (κ1) is 8.94. The lowest BCUT2D eigenvalue weighted by atomic mass is 10.2. The van der Waals surface area contributed by atoms with Gasteiger partial charge in [0, 0.05) is 10.0 Å². The quantitative estimate of drug-likeness (QED) is 0.658. The van der Waals surface area contributed by atoms with Crippen LogP contribution in [0.3, 0.4) is 0 Å². The number of hydrogen-bond donors (Lipinski definition) is 0. The Hall–Kier alpha value is -0.150. The largest absolute Gasteiger partial charge is 0.246 e. The Morgan fingerprint density at radius 2 is 2.09 bits per heavy atom. The first-order valence-corrected chi connectivity index (χ1v) is 4.02. The summed E-state index contributed by atoms with van der Waals surface area (Å²) < 4.78 is 25.3. The highest BCUT2D eigenvalue weighted by molar-refractivity contribution is 9.10. The Morgan fingerprint density at radius 3 is 2.55 bits per heavy atom. The van der Waals surface area contributed by atoms with Crippen molar-refractivity contribution in [3.63, 3.8) is 0 Å². The standard InChI is InChI=1S/C7H4BrClF2/c8-5-1-2-6(11)4(3-10)7(5)9/h1-2H,3H2. The molecule has 0 fully saturated rings. The third kappa shape index (κ3) is 1.71. The maximum absolute atomic E-state index is 12.7. The van der Waals surface area contributed by atoms with Gasteiger partial charge in [-0.1, -0.05) is 11.6 Å². The van der Waals surface area contributed by atoms with Crippen LogP contribution in [-0.2, 0) is 6.67 Å². The third-order valence-electron chi connectivity index (χ3n) is 1.27. The van der Waals surface area contributed by atoms with Gasteiger partial charge in [0.2, 0.25) is 0 Å². The highest BCUT2D eigenvalue weighted by Gasteiger charge is 2.09.